The van der Waals surface area contributed by atoms with Crippen LogP contribution in [0.25, 0.3) is 0 Å². The van der Waals surface area contributed by atoms with Gasteiger partial charge in [-0.3, -0.25) is 4.79 Å². The van der Waals surface area contributed by atoms with E-state index in [0.29, 0.717) is 6.42 Å². The first-order chi connectivity index (χ1) is 9.41. The Morgan fingerprint density at radius 1 is 1.30 bits per heavy atom. The second-order valence-electron chi connectivity index (χ2n) is 4.67. The summed E-state index contributed by atoms with van der Waals surface area (Å²) in [5.74, 6) is -5.09. The molecule has 0 saturated heterocycles. The number of amides is 1. The topological polar surface area (TPSA) is 46.3 Å². The van der Waals surface area contributed by atoms with E-state index in [1.54, 1.807) is 0 Å². The molecule has 0 atom stereocenters. The third-order valence-electron chi connectivity index (χ3n) is 3.11. The molecule has 20 heavy (non-hydrogen) atoms. The summed E-state index contributed by atoms with van der Waals surface area (Å²) in [7, 11) is 0. The number of rotatable bonds is 5. The van der Waals surface area contributed by atoms with Gasteiger partial charge in [0.25, 0.3) is 5.91 Å². The van der Waals surface area contributed by atoms with Crippen LogP contribution in [0, 0.1) is 17.5 Å². The van der Waals surface area contributed by atoms with Crippen molar-refractivity contribution in [3.05, 3.63) is 35.1 Å². The van der Waals surface area contributed by atoms with Gasteiger partial charge in [-0.15, -0.1) is 0 Å². The van der Waals surface area contributed by atoms with Gasteiger partial charge in [0.15, 0.2) is 17.5 Å². The third-order valence-corrected chi connectivity index (χ3v) is 3.32. The van der Waals surface area contributed by atoms with Gasteiger partial charge in [-0.05, 0) is 25.0 Å². The van der Waals surface area contributed by atoms with Crippen molar-refractivity contribution in [1.29, 1.82) is 0 Å². The summed E-state index contributed by atoms with van der Waals surface area (Å²) in [6, 6.07) is 1.68. The highest BCUT2D eigenvalue weighted by Gasteiger charge is 2.34. The van der Waals surface area contributed by atoms with Crippen molar-refractivity contribution in [3.63, 3.8) is 0 Å². The molecule has 3 nitrogen and oxygen atoms in total. The van der Waals surface area contributed by atoms with Gasteiger partial charge in [-0.25, -0.2) is 13.2 Å². The van der Waals surface area contributed by atoms with E-state index < -0.39 is 28.9 Å². The van der Waals surface area contributed by atoms with Crippen LogP contribution in [0.5, 0.6) is 0 Å². The number of carbonyl (C=O) groups is 1. The molecule has 0 heterocycles. The molecule has 0 aliphatic heterocycles. The van der Waals surface area contributed by atoms with Crippen LogP contribution in [0.4, 0.5) is 13.2 Å². The number of nitrogens with zero attached hydrogens (tertiary/aromatic N) is 1. The number of halogens is 3. The number of thiocarbonyl (C=S) groups is 1. The summed E-state index contributed by atoms with van der Waals surface area (Å²) in [5.41, 5.74) is 4.91. The van der Waals surface area contributed by atoms with Crippen LogP contribution >= 0.6 is 12.2 Å². The standard InChI is InChI=1S/C13H13F3N2OS/c14-9-4-3-8(11(15)12(9)16)13(19)18(7-1-2-7)6-5-10(17)20/h3-4,7H,1-2,5-6H2,(H2,17,20). The first-order valence-electron chi connectivity index (χ1n) is 6.14. The van der Waals surface area contributed by atoms with E-state index in [2.05, 4.69) is 0 Å². The van der Waals surface area contributed by atoms with E-state index in [1.807, 2.05) is 0 Å². The molecule has 1 aromatic rings. The highest BCUT2D eigenvalue weighted by atomic mass is 32.1. The van der Waals surface area contributed by atoms with Crippen LogP contribution in [0.3, 0.4) is 0 Å². The van der Waals surface area contributed by atoms with Crippen LogP contribution in [0.2, 0.25) is 0 Å². The van der Waals surface area contributed by atoms with Crippen molar-refractivity contribution >= 4 is 23.1 Å². The Morgan fingerprint density at radius 3 is 2.50 bits per heavy atom. The molecule has 2 N–H and O–H groups in total. The number of nitrogens with two attached hydrogens (primary N) is 1. The second kappa shape index (κ2) is 5.78. The van der Waals surface area contributed by atoms with E-state index in [4.69, 9.17) is 18.0 Å². The van der Waals surface area contributed by atoms with E-state index >= 15 is 0 Å². The van der Waals surface area contributed by atoms with Crippen LogP contribution in [-0.4, -0.2) is 28.4 Å². The SMILES string of the molecule is NC(=S)CCN(C(=O)c1ccc(F)c(F)c1F)C1CC1. The molecule has 1 amide bonds. The minimum Gasteiger partial charge on any atom is -0.393 e. The van der Waals surface area contributed by atoms with Gasteiger partial charge in [0.05, 0.1) is 10.6 Å². The predicted molar refractivity (Wildman–Crippen MR) is 71.8 cm³/mol. The van der Waals surface area contributed by atoms with E-state index in [1.165, 1.54) is 4.90 Å². The normalized spacial score (nSPS) is 14.2. The largest absolute Gasteiger partial charge is 0.393 e. The minimum absolute atomic E-state index is 0.00985. The van der Waals surface area contributed by atoms with Crippen LogP contribution in [0.15, 0.2) is 12.1 Å². The van der Waals surface area contributed by atoms with Gasteiger partial charge in [0, 0.05) is 19.0 Å². The van der Waals surface area contributed by atoms with Crippen molar-refractivity contribution in [2.45, 2.75) is 25.3 Å². The van der Waals surface area contributed by atoms with E-state index in [-0.39, 0.29) is 17.6 Å². The van der Waals surface area contributed by atoms with Gasteiger partial charge in [-0.2, -0.15) is 0 Å². The Labute approximate surface area is 119 Å². The average Bonchev–Trinajstić information content (AvgIpc) is 3.20. The number of hydrogen-bond acceptors (Lipinski definition) is 2. The summed E-state index contributed by atoms with van der Waals surface area (Å²) in [6.07, 6.45) is 1.91. The molecule has 1 fully saturated rings. The molecule has 1 saturated carbocycles. The Hall–Kier alpha value is -1.63. The highest BCUT2D eigenvalue weighted by Crippen LogP contribution is 2.29. The summed E-state index contributed by atoms with van der Waals surface area (Å²) in [6.45, 7) is 0.247. The van der Waals surface area contributed by atoms with Crippen molar-refractivity contribution in [2.24, 2.45) is 5.73 Å². The number of carbonyl (C=O) groups excluding carboxylic acids is 1. The fraction of sp³-hybridized carbons (Fsp3) is 0.385. The summed E-state index contributed by atoms with van der Waals surface area (Å²) < 4.78 is 39.7. The van der Waals surface area contributed by atoms with Crippen molar-refractivity contribution in [1.82, 2.24) is 4.90 Å². The Kier molecular flexibility index (Phi) is 4.27. The summed E-state index contributed by atoms with van der Waals surface area (Å²) in [4.78, 5) is 13.9. The fourth-order valence-electron chi connectivity index (χ4n) is 1.91. The molecule has 0 bridgehead atoms. The molecular weight excluding hydrogens is 289 g/mol. The van der Waals surface area contributed by atoms with Crippen LogP contribution < -0.4 is 5.73 Å². The minimum atomic E-state index is -1.64. The van der Waals surface area contributed by atoms with Gasteiger partial charge in [-0.1, -0.05) is 12.2 Å². The molecule has 2 rings (SSSR count). The molecular formula is C13H13F3N2OS. The highest BCUT2D eigenvalue weighted by molar-refractivity contribution is 7.80. The number of benzene rings is 1. The lowest BCUT2D eigenvalue weighted by molar-refractivity contribution is 0.0742. The maximum atomic E-state index is 13.6. The Morgan fingerprint density at radius 2 is 1.95 bits per heavy atom. The lowest BCUT2D eigenvalue weighted by Crippen LogP contribution is -2.36. The molecule has 0 unspecified atom stereocenters. The van der Waals surface area contributed by atoms with Crippen molar-refractivity contribution in [2.75, 3.05) is 6.54 Å². The van der Waals surface area contributed by atoms with Crippen molar-refractivity contribution in [3.8, 4) is 0 Å². The lowest BCUT2D eigenvalue weighted by Gasteiger charge is -2.22. The zero-order valence-corrected chi connectivity index (χ0v) is 11.4. The summed E-state index contributed by atoms with van der Waals surface area (Å²) >= 11 is 4.74. The Balaban J connectivity index is 2.23. The average molecular weight is 302 g/mol. The zero-order chi connectivity index (χ0) is 14.9. The third kappa shape index (κ3) is 3.09. The van der Waals surface area contributed by atoms with E-state index in [0.717, 1.165) is 25.0 Å². The first-order valence-corrected chi connectivity index (χ1v) is 6.55. The number of hydrogen-bond donors (Lipinski definition) is 1. The predicted octanol–water partition coefficient (Wildman–Crippen LogP) is 2.38. The molecule has 1 aromatic carbocycles. The maximum absolute atomic E-state index is 13.6. The molecule has 0 aromatic heterocycles. The second-order valence-corrected chi connectivity index (χ2v) is 5.19. The van der Waals surface area contributed by atoms with Crippen LogP contribution in [-0.2, 0) is 0 Å². The van der Waals surface area contributed by atoms with Gasteiger partial charge in [0.1, 0.15) is 0 Å². The van der Waals surface area contributed by atoms with Gasteiger partial charge in [0.2, 0.25) is 0 Å². The molecule has 7 heteroatoms. The summed E-state index contributed by atoms with van der Waals surface area (Å²) in [5, 5.41) is 0. The monoisotopic (exact) mass is 302 g/mol. The molecule has 0 spiro atoms. The molecule has 1 aliphatic rings. The van der Waals surface area contributed by atoms with Crippen LogP contribution in [0.1, 0.15) is 29.6 Å². The first kappa shape index (κ1) is 14.8. The Bertz CT molecular complexity index is 561. The lowest BCUT2D eigenvalue weighted by atomic mass is 10.1. The zero-order valence-electron chi connectivity index (χ0n) is 10.5. The van der Waals surface area contributed by atoms with Gasteiger partial charge >= 0.3 is 0 Å². The molecule has 108 valence electrons. The van der Waals surface area contributed by atoms with E-state index in [9.17, 15) is 18.0 Å². The molecule has 1 aliphatic carbocycles. The van der Waals surface area contributed by atoms with Crippen molar-refractivity contribution < 1.29 is 18.0 Å². The maximum Gasteiger partial charge on any atom is 0.257 e. The quantitative estimate of drug-likeness (QED) is 0.671. The fourth-order valence-corrected chi connectivity index (χ4v) is 2.00. The van der Waals surface area contributed by atoms with Gasteiger partial charge < -0.3 is 10.6 Å². The molecule has 0 radical (unpaired) electrons. The smallest absolute Gasteiger partial charge is 0.257 e.